The predicted molar refractivity (Wildman–Crippen MR) is 72.6 cm³/mol. The predicted octanol–water partition coefficient (Wildman–Crippen LogP) is 0.0310. The molecular formula is C12H23N3O3S. The number of carbonyl (C=O) groups is 1. The van der Waals surface area contributed by atoms with Crippen molar-refractivity contribution in [3.63, 3.8) is 0 Å². The van der Waals surface area contributed by atoms with E-state index in [1.807, 2.05) is 0 Å². The standard InChI is InChI=1S/C12H23N3O3S/c1-10-6-11(2)8-15(7-10)19(17,18)14-5-3-4-13-12(16)9-14/h10-11H,3-9H2,1-2H3,(H,13,16). The van der Waals surface area contributed by atoms with Crippen LogP contribution in [0.25, 0.3) is 0 Å². The van der Waals surface area contributed by atoms with Gasteiger partial charge in [-0.15, -0.1) is 0 Å². The van der Waals surface area contributed by atoms with Gasteiger partial charge in [-0.25, -0.2) is 0 Å². The van der Waals surface area contributed by atoms with E-state index in [4.69, 9.17) is 0 Å². The average Bonchev–Trinajstić information content (AvgIpc) is 2.53. The fourth-order valence-corrected chi connectivity index (χ4v) is 4.79. The molecule has 2 saturated heterocycles. The Kier molecular flexibility index (Phi) is 4.47. The molecule has 2 aliphatic rings. The Bertz CT molecular complexity index is 428. The van der Waals surface area contributed by atoms with Gasteiger partial charge in [0.15, 0.2) is 0 Å². The Morgan fingerprint density at radius 2 is 1.79 bits per heavy atom. The maximum atomic E-state index is 12.6. The van der Waals surface area contributed by atoms with E-state index in [0.717, 1.165) is 6.42 Å². The van der Waals surface area contributed by atoms with Crippen molar-refractivity contribution in [3.05, 3.63) is 0 Å². The van der Waals surface area contributed by atoms with Gasteiger partial charge in [-0.05, 0) is 24.7 Å². The summed E-state index contributed by atoms with van der Waals surface area (Å²) in [4.78, 5) is 11.5. The molecule has 1 amide bonds. The van der Waals surface area contributed by atoms with Crippen molar-refractivity contribution in [1.82, 2.24) is 13.9 Å². The molecule has 0 aromatic rings. The third-order valence-corrected chi connectivity index (χ3v) is 5.63. The van der Waals surface area contributed by atoms with E-state index in [9.17, 15) is 13.2 Å². The van der Waals surface area contributed by atoms with Crippen LogP contribution in [0.15, 0.2) is 0 Å². The van der Waals surface area contributed by atoms with E-state index >= 15 is 0 Å². The van der Waals surface area contributed by atoms with Crippen molar-refractivity contribution >= 4 is 16.1 Å². The van der Waals surface area contributed by atoms with Crippen LogP contribution in [-0.4, -0.2) is 55.7 Å². The molecule has 0 aromatic carbocycles. The fourth-order valence-electron chi connectivity index (χ4n) is 2.93. The smallest absolute Gasteiger partial charge is 0.282 e. The van der Waals surface area contributed by atoms with Crippen molar-refractivity contribution in [1.29, 1.82) is 0 Å². The quantitative estimate of drug-likeness (QED) is 0.780. The van der Waals surface area contributed by atoms with Gasteiger partial charge in [0.05, 0.1) is 6.54 Å². The second-order valence-electron chi connectivity index (χ2n) is 5.81. The van der Waals surface area contributed by atoms with Gasteiger partial charge in [0.25, 0.3) is 10.2 Å². The lowest BCUT2D eigenvalue weighted by molar-refractivity contribution is -0.120. The molecule has 0 bridgehead atoms. The van der Waals surface area contributed by atoms with Crippen molar-refractivity contribution in [3.8, 4) is 0 Å². The number of rotatable bonds is 2. The Hall–Kier alpha value is -0.660. The highest BCUT2D eigenvalue weighted by molar-refractivity contribution is 7.86. The van der Waals surface area contributed by atoms with E-state index in [1.165, 1.54) is 4.31 Å². The van der Waals surface area contributed by atoms with Gasteiger partial charge in [-0.2, -0.15) is 17.0 Å². The number of amides is 1. The Labute approximate surface area is 115 Å². The molecule has 0 aromatic heterocycles. The normalized spacial score (nSPS) is 31.8. The van der Waals surface area contributed by atoms with Crippen LogP contribution in [0.5, 0.6) is 0 Å². The summed E-state index contributed by atoms with van der Waals surface area (Å²) in [5.74, 6) is 0.540. The van der Waals surface area contributed by atoms with E-state index in [0.29, 0.717) is 44.4 Å². The van der Waals surface area contributed by atoms with Crippen LogP contribution in [0.4, 0.5) is 0 Å². The van der Waals surface area contributed by atoms with Crippen LogP contribution in [0, 0.1) is 11.8 Å². The molecule has 0 aliphatic carbocycles. The molecule has 2 fully saturated rings. The van der Waals surface area contributed by atoms with Gasteiger partial charge in [-0.1, -0.05) is 13.8 Å². The molecule has 2 heterocycles. The lowest BCUT2D eigenvalue weighted by Crippen LogP contribution is -2.50. The third kappa shape index (κ3) is 3.46. The summed E-state index contributed by atoms with van der Waals surface area (Å²) in [5, 5.41) is 2.70. The molecule has 2 atom stereocenters. The van der Waals surface area contributed by atoms with E-state index < -0.39 is 10.2 Å². The van der Waals surface area contributed by atoms with E-state index in [1.54, 1.807) is 4.31 Å². The Morgan fingerprint density at radius 1 is 1.16 bits per heavy atom. The minimum absolute atomic E-state index is 0.0540. The van der Waals surface area contributed by atoms with Gasteiger partial charge >= 0.3 is 0 Å². The van der Waals surface area contributed by atoms with Crippen molar-refractivity contribution in [2.24, 2.45) is 11.8 Å². The summed E-state index contributed by atoms with van der Waals surface area (Å²) in [6.45, 7) is 6.19. The van der Waals surface area contributed by atoms with Gasteiger partial charge < -0.3 is 5.32 Å². The minimum Gasteiger partial charge on any atom is -0.355 e. The monoisotopic (exact) mass is 289 g/mol. The molecule has 7 heteroatoms. The summed E-state index contributed by atoms with van der Waals surface area (Å²) in [6.07, 6.45) is 1.73. The molecule has 2 rings (SSSR count). The maximum Gasteiger partial charge on any atom is 0.282 e. The van der Waals surface area contributed by atoms with Crippen molar-refractivity contribution in [2.75, 3.05) is 32.7 Å². The first-order valence-electron chi connectivity index (χ1n) is 6.91. The number of nitrogens with zero attached hydrogens (tertiary/aromatic N) is 2. The number of carbonyl (C=O) groups excluding carboxylic acids is 1. The molecule has 2 unspecified atom stereocenters. The van der Waals surface area contributed by atoms with Gasteiger partial charge in [0.1, 0.15) is 0 Å². The summed E-state index contributed by atoms with van der Waals surface area (Å²) in [5.41, 5.74) is 0. The van der Waals surface area contributed by atoms with Crippen LogP contribution in [-0.2, 0) is 15.0 Å². The van der Waals surface area contributed by atoms with Crippen molar-refractivity contribution in [2.45, 2.75) is 26.7 Å². The molecule has 0 spiro atoms. The second-order valence-corrected chi connectivity index (χ2v) is 7.74. The highest BCUT2D eigenvalue weighted by Gasteiger charge is 2.36. The number of hydrogen-bond acceptors (Lipinski definition) is 3. The molecule has 1 N–H and O–H groups in total. The lowest BCUT2D eigenvalue weighted by Gasteiger charge is -2.36. The molecule has 0 radical (unpaired) electrons. The van der Waals surface area contributed by atoms with Crippen LogP contribution < -0.4 is 5.32 Å². The number of nitrogens with one attached hydrogen (secondary N) is 1. The highest BCUT2D eigenvalue weighted by atomic mass is 32.2. The number of piperidine rings is 1. The average molecular weight is 289 g/mol. The van der Waals surface area contributed by atoms with Gasteiger partial charge in [0, 0.05) is 26.2 Å². The summed E-state index contributed by atoms with van der Waals surface area (Å²) < 4.78 is 28.1. The molecule has 0 saturated carbocycles. The molecule has 110 valence electrons. The molecular weight excluding hydrogens is 266 g/mol. The molecule has 2 aliphatic heterocycles. The number of hydrogen-bond donors (Lipinski definition) is 1. The summed E-state index contributed by atoms with van der Waals surface area (Å²) in [7, 11) is -3.50. The third-order valence-electron chi connectivity index (χ3n) is 3.71. The molecule has 6 nitrogen and oxygen atoms in total. The first-order valence-corrected chi connectivity index (χ1v) is 8.31. The van der Waals surface area contributed by atoms with E-state index in [2.05, 4.69) is 19.2 Å². The highest BCUT2D eigenvalue weighted by Crippen LogP contribution is 2.24. The Balaban J connectivity index is 2.13. The molecule has 19 heavy (non-hydrogen) atoms. The topological polar surface area (TPSA) is 69.7 Å². The van der Waals surface area contributed by atoms with Gasteiger partial charge in [0.2, 0.25) is 5.91 Å². The second kappa shape index (κ2) is 5.76. The minimum atomic E-state index is -3.50. The zero-order chi connectivity index (χ0) is 14.0. The zero-order valence-corrected chi connectivity index (χ0v) is 12.4. The summed E-state index contributed by atoms with van der Waals surface area (Å²) >= 11 is 0. The first kappa shape index (κ1) is 14.7. The maximum absolute atomic E-state index is 12.6. The first-order chi connectivity index (χ1) is 8.89. The van der Waals surface area contributed by atoms with Gasteiger partial charge in [-0.3, -0.25) is 4.79 Å². The zero-order valence-electron chi connectivity index (χ0n) is 11.6. The van der Waals surface area contributed by atoms with Crippen LogP contribution in [0.2, 0.25) is 0 Å². The van der Waals surface area contributed by atoms with Crippen molar-refractivity contribution < 1.29 is 13.2 Å². The SMILES string of the molecule is CC1CC(C)CN(S(=O)(=O)N2CCCNC(=O)C2)C1. The van der Waals surface area contributed by atoms with Crippen LogP contribution in [0.3, 0.4) is 0 Å². The largest absolute Gasteiger partial charge is 0.355 e. The fraction of sp³-hybridized carbons (Fsp3) is 0.917. The van der Waals surface area contributed by atoms with Crippen LogP contribution in [0.1, 0.15) is 26.7 Å². The van der Waals surface area contributed by atoms with Crippen LogP contribution >= 0.6 is 0 Å². The Morgan fingerprint density at radius 3 is 2.42 bits per heavy atom. The summed E-state index contributed by atoms with van der Waals surface area (Å²) in [6, 6.07) is 0. The van der Waals surface area contributed by atoms with E-state index in [-0.39, 0.29) is 12.5 Å². The lowest BCUT2D eigenvalue weighted by atomic mass is 9.94.